The first-order chi connectivity index (χ1) is 10.5. The van der Waals surface area contributed by atoms with Crippen LogP contribution in [0.5, 0.6) is 0 Å². The van der Waals surface area contributed by atoms with Gasteiger partial charge in [-0.1, -0.05) is 20.3 Å². The molecule has 0 radical (unpaired) electrons. The number of piperidine rings is 1. The van der Waals surface area contributed by atoms with Crippen LogP contribution in [0.25, 0.3) is 0 Å². The lowest BCUT2D eigenvalue weighted by molar-refractivity contribution is -0.128. The summed E-state index contributed by atoms with van der Waals surface area (Å²) in [6.07, 6.45) is 3.67. The molecule has 0 aliphatic carbocycles. The summed E-state index contributed by atoms with van der Waals surface area (Å²) in [5, 5.41) is 9.90. The Morgan fingerprint density at radius 1 is 1.36 bits per heavy atom. The van der Waals surface area contributed by atoms with Crippen LogP contribution in [0.4, 0.5) is 0 Å². The van der Waals surface area contributed by atoms with Crippen LogP contribution < -0.4 is 5.32 Å². The SMILES string of the molecule is Cc1n[nH]c(=S)n1CCNC(=O)C(C(C)C)N1CCCCC1. The minimum Gasteiger partial charge on any atom is -0.353 e. The highest BCUT2D eigenvalue weighted by Crippen LogP contribution is 2.17. The second-order valence-corrected chi connectivity index (χ2v) is 6.69. The molecule has 1 atom stereocenters. The van der Waals surface area contributed by atoms with Crippen LogP contribution in [-0.4, -0.2) is 51.2 Å². The van der Waals surface area contributed by atoms with E-state index in [1.54, 1.807) is 0 Å². The molecular weight excluding hydrogens is 298 g/mol. The van der Waals surface area contributed by atoms with Gasteiger partial charge in [0, 0.05) is 13.1 Å². The first kappa shape index (κ1) is 17.1. The quantitative estimate of drug-likeness (QED) is 0.784. The van der Waals surface area contributed by atoms with E-state index < -0.39 is 0 Å². The molecule has 1 aromatic heterocycles. The van der Waals surface area contributed by atoms with Crippen molar-refractivity contribution in [2.75, 3.05) is 19.6 Å². The number of rotatable bonds is 6. The van der Waals surface area contributed by atoms with E-state index in [1.165, 1.54) is 19.3 Å². The lowest BCUT2D eigenvalue weighted by Gasteiger charge is -2.35. The third kappa shape index (κ3) is 4.16. The summed E-state index contributed by atoms with van der Waals surface area (Å²) in [6, 6.07) is -0.0290. The number of aromatic amines is 1. The zero-order valence-corrected chi connectivity index (χ0v) is 14.6. The molecule has 6 nitrogen and oxygen atoms in total. The van der Waals surface area contributed by atoms with E-state index in [2.05, 4.69) is 34.3 Å². The van der Waals surface area contributed by atoms with Crippen LogP contribution in [0.2, 0.25) is 0 Å². The third-order valence-electron chi connectivity index (χ3n) is 4.27. The lowest BCUT2D eigenvalue weighted by atomic mass is 9.98. The lowest BCUT2D eigenvalue weighted by Crippen LogP contribution is -2.52. The van der Waals surface area contributed by atoms with Crippen molar-refractivity contribution in [3.63, 3.8) is 0 Å². The van der Waals surface area contributed by atoms with E-state index in [0.29, 0.717) is 23.8 Å². The molecule has 7 heteroatoms. The van der Waals surface area contributed by atoms with Crippen LogP contribution in [0, 0.1) is 17.6 Å². The van der Waals surface area contributed by atoms with Gasteiger partial charge < -0.3 is 9.88 Å². The van der Waals surface area contributed by atoms with Crippen molar-refractivity contribution in [3.05, 3.63) is 10.6 Å². The van der Waals surface area contributed by atoms with Gasteiger partial charge in [-0.25, -0.2) is 0 Å². The van der Waals surface area contributed by atoms with E-state index in [0.717, 1.165) is 18.9 Å². The number of H-pyrrole nitrogens is 1. The summed E-state index contributed by atoms with van der Waals surface area (Å²) in [5.74, 6) is 1.29. The molecule has 1 aromatic rings. The Morgan fingerprint density at radius 2 is 2.05 bits per heavy atom. The van der Waals surface area contributed by atoms with Crippen molar-refractivity contribution in [1.82, 2.24) is 25.0 Å². The minimum atomic E-state index is -0.0290. The smallest absolute Gasteiger partial charge is 0.237 e. The Balaban J connectivity index is 1.90. The van der Waals surface area contributed by atoms with Crippen LogP contribution in [-0.2, 0) is 11.3 Å². The van der Waals surface area contributed by atoms with E-state index in [1.807, 2.05) is 11.5 Å². The maximum Gasteiger partial charge on any atom is 0.237 e. The average Bonchev–Trinajstić information content (AvgIpc) is 2.80. The standard InChI is InChI=1S/C15H27N5OS/c1-11(2)13(19-8-5-4-6-9-19)14(21)16-7-10-20-12(3)17-18-15(20)22/h11,13H,4-10H2,1-3H3,(H,16,21)(H,18,22). The molecular formula is C15H27N5OS. The minimum absolute atomic E-state index is 0.0290. The molecule has 0 bridgehead atoms. The number of hydrogen-bond donors (Lipinski definition) is 2. The number of carbonyl (C=O) groups excluding carboxylic acids is 1. The highest BCUT2D eigenvalue weighted by Gasteiger charge is 2.29. The molecule has 2 rings (SSSR count). The number of nitrogens with zero attached hydrogens (tertiary/aromatic N) is 3. The van der Waals surface area contributed by atoms with Crippen LogP contribution in [0.3, 0.4) is 0 Å². The molecule has 0 aromatic carbocycles. The molecule has 0 spiro atoms. The zero-order chi connectivity index (χ0) is 16.1. The normalized spacial score (nSPS) is 17.6. The summed E-state index contributed by atoms with van der Waals surface area (Å²) in [6.45, 7) is 9.43. The molecule has 1 amide bonds. The topological polar surface area (TPSA) is 66.0 Å². The Bertz CT molecular complexity index is 544. The van der Waals surface area contributed by atoms with Gasteiger partial charge in [-0.3, -0.25) is 14.8 Å². The van der Waals surface area contributed by atoms with Crippen molar-refractivity contribution < 1.29 is 4.79 Å². The zero-order valence-electron chi connectivity index (χ0n) is 13.8. The second kappa shape index (κ2) is 7.87. The maximum absolute atomic E-state index is 12.6. The molecule has 22 heavy (non-hydrogen) atoms. The summed E-state index contributed by atoms with van der Waals surface area (Å²) in [7, 11) is 0. The van der Waals surface area contributed by atoms with Crippen molar-refractivity contribution in [3.8, 4) is 0 Å². The van der Waals surface area contributed by atoms with Gasteiger partial charge in [-0.05, 0) is 51.0 Å². The Kier molecular flexibility index (Phi) is 6.14. The van der Waals surface area contributed by atoms with E-state index in [4.69, 9.17) is 12.2 Å². The van der Waals surface area contributed by atoms with Crippen molar-refractivity contribution >= 4 is 18.1 Å². The molecule has 0 saturated carbocycles. The van der Waals surface area contributed by atoms with Gasteiger partial charge >= 0.3 is 0 Å². The van der Waals surface area contributed by atoms with E-state index in [-0.39, 0.29) is 11.9 Å². The van der Waals surface area contributed by atoms with Gasteiger partial charge in [0.05, 0.1) is 6.04 Å². The van der Waals surface area contributed by atoms with Crippen LogP contribution in [0.1, 0.15) is 38.9 Å². The number of nitrogens with one attached hydrogen (secondary N) is 2. The predicted octanol–water partition coefficient (Wildman–Crippen LogP) is 1.88. The fraction of sp³-hybridized carbons (Fsp3) is 0.800. The fourth-order valence-corrected chi connectivity index (χ4v) is 3.41. The summed E-state index contributed by atoms with van der Waals surface area (Å²) < 4.78 is 2.50. The number of carbonyl (C=O) groups is 1. The molecule has 1 aliphatic rings. The molecule has 1 aliphatic heterocycles. The molecule has 1 fully saturated rings. The summed E-state index contributed by atoms with van der Waals surface area (Å²) in [5.41, 5.74) is 0. The Hall–Kier alpha value is -1.21. The first-order valence-corrected chi connectivity index (χ1v) is 8.55. The van der Waals surface area contributed by atoms with Crippen LogP contribution in [0.15, 0.2) is 0 Å². The highest BCUT2D eigenvalue weighted by atomic mass is 32.1. The molecule has 124 valence electrons. The van der Waals surface area contributed by atoms with Gasteiger partial charge in [0.15, 0.2) is 4.77 Å². The molecule has 1 saturated heterocycles. The van der Waals surface area contributed by atoms with E-state index >= 15 is 0 Å². The fourth-order valence-electron chi connectivity index (χ4n) is 3.14. The van der Waals surface area contributed by atoms with Crippen molar-refractivity contribution in [2.45, 2.75) is 52.6 Å². The van der Waals surface area contributed by atoms with Gasteiger partial charge in [-0.2, -0.15) is 5.10 Å². The number of aryl methyl sites for hydroxylation is 1. The summed E-state index contributed by atoms with van der Waals surface area (Å²) >= 11 is 5.17. The Labute approximate surface area is 137 Å². The number of amides is 1. The van der Waals surface area contributed by atoms with Crippen LogP contribution >= 0.6 is 12.2 Å². The highest BCUT2D eigenvalue weighted by molar-refractivity contribution is 7.71. The van der Waals surface area contributed by atoms with Gasteiger partial charge in [-0.15, -0.1) is 0 Å². The number of likely N-dealkylation sites (tertiary alicyclic amines) is 1. The number of aromatic nitrogens is 3. The van der Waals surface area contributed by atoms with E-state index in [9.17, 15) is 4.79 Å². The predicted molar refractivity (Wildman–Crippen MR) is 89.2 cm³/mol. The monoisotopic (exact) mass is 325 g/mol. The summed E-state index contributed by atoms with van der Waals surface area (Å²) in [4.78, 5) is 14.9. The van der Waals surface area contributed by atoms with Gasteiger partial charge in [0.2, 0.25) is 5.91 Å². The average molecular weight is 325 g/mol. The Morgan fingerprint density at radius 3 is 2.59 bits per heavy atom. The van der Waals surface area contributed by atoms with Gasteiger partial charge in [0.1, 0.15) is 5.82 Å². The first-order valence-electron chi connectivity index (χ1n) is 8.14. The van der Waals surface area contributed by atoms with Gasteiger partial charge in [0.25, 0.3) is 0 Å². The maximum atomic E-state index is 12.6. The van der Waals surface area contributed by atoms with Crippen molar-refractivity contribution in [2.24, 2.45) is 5.92 Å². The number of hydrogen-bond acceptors (Lipinski definition) is 4. The largest absolute Gasteiger partial charge is 0.353 e. The molecule has 1 unspecified atom stereocenters. The molecule has 2 heterocycles. The second-order valence-electron chi connectivity index (χ2n) is 6.30. The molecule has 2 N–H and O–H groups in total. The van der Waals surface area contributed by atoms with Crippen molar-refractivity contribution in [1.29, 1.82) is 0 Å². The third-order valence-corrected chi connectivity index (χ3v) is 4.58.